The summed E-state index contributed by atoms with van der Waals surface area (Å²) in [6, 6.07) is 5.71. The fraction of sp³-hybridized carbons (Fsp3) is 0.316. The van der Waals surface area contributed by atoms with Crippen LogP contribution in [0.1, 0.15) is 46.7 Å². The molecule has 2 rings (SSSR count). The fourth-order valence-corrected chi connectivity index (χ4v) is 2.65. The van der Waals surface area contributed by atoms with Crippen LogP contribution in [0.2, 0.25) is 0 Å². The van der Waals surface area contributed by atoms with Gasteiger partial charge in [0.2, 0.25) is 5.91 Å². The van der Waals surface area contributed by atoms with E-state index >= 15 is 0 Å². The Bertz CT molecular complexity index is 838. The quantitative estimate of drug-likeness (QED) is 0.472. The second kappa shape index (κ2) is 8.42. The van der Waals surface area contributed by atoms with Gasteiger partial charge in [-0.3, -0.25) is 4.79 Å². The second-order valence-electron chi connectivity index (χ2n) is 5.88. The van der Waals surface area contributed by atoms with Crippen molar-refractivity contribution in [3.05, 3.63) is 58.2 Å². The molecule has 0 atom stereocenters. The number of rotatable bonds is 6. The third-order valence-corrected chi connectivity index (χ3v) is 3.91. The van der Waals surface area contributed by atoms with Gasteiger partial charge in [-0.15, -0.1) is 0 Å². The predicted molar refractivity (Wildman–Crippen MR) is 96.7 cm³/mol. The Morgan fingerprint density at radius 3 is 2.50 bits per heavy atom. The molecule has 1 aromatic heterocycles. The van der Waals surface area contributed by atoms with Crippen molar-refractivity contribution in [3.8, 4) is 0 Å². The van der Waals surface area contributed by atoms with E-state index in [1.807, 2.05) is 0 Å². The largest absolute Gasteiger partial charge is 0.462 e. The molecule has 0 spiro atoms. The van der Waals surface area contributed by atoms with Crippen LogP contribution < -0.4 is 5.43 Å². The molecule has 1 aromatic carbocycles. The second-order valence-corrected chi connectivity index (χ2v) is 5.88. The van der Waals surface area contributed by atoms with Gasteiger partial charge < -0.3 is 9.72 Å². The van der Waals surface area contributed by atoms with E-state index in [1.54, 1.807) is 39.8 Å². The number of ether oxygens (including phenoxy) is 1. The summed E-state index contributed by atoms with van der Waals surface area (Å²) in [5.41, 5.74) is 6.24. The summed E-state index contributed by atoms with van der Waals surface area (Å²) in [7, 11) is 0. The van der Waals surface area contributed by atoms with Crippen molar-refractivity contribution < 1.29 is 18.7 Å². The van der Waals surface area contributed by atoms with Crippen LogP contribution >= 0.6 is 0 Å². The molecule has 0 saturated heterocycles. The van der Waals surface area contributed by atoms with Crippen LogP contribution in [0.3, 0.4) is 0 Å². The van der Waals surface area contributed by atoms with E-state index in [0.717, 1.165) is 5.56 Å². The first-order valence-electron chi connectivity index (χ1n) is 8.27. The van der Waals surface area contributed by atoms with Crippen LogP contribution in [0, 0.1) is 19.7 Å². The van der Waals surface area contributed by atoms with Gasteiger partial charge in [0.15, 0.2) is 0 Å². The number of hydrazone groups is 1. The summed E-state index contributed by atoms with van der Waals surface area (Å²) in [5.74, 6) is -1.06. The predicted octanol–water partition coefficient (Wildman–Crippen LogP) is 3.03. The third-order valence-electron chi connectivity index (χ3n) is 3.91. The summed E-state index contributed by atoms with van der Waals surface area (Å²) in [6.07, 6.45) is 0.0911. The van der Waals surface area contributed by atoms with Gasteiger partial charge in [0, 0.05) is 5.69 Å². The molecule has 138 valence electrons. The number of carbonyl (C=O) groups excluding carboxylic acids is 2. The number of nitrogens with one attached hydrogen (secondary N) is 2. The molecule has 2 N–H and O–H groups in total. The van der Waals surface area contributed by atoms with Gasteiger partial charge in [-0.2, -0.15) is 5.10 Å². The van der Waals surface area contributed by atoms with Crippen molar-refractivity contribution in [3.63, 3.8) is 0 Å². The number of halogens is 1. The maximum absolute atomic E-state index is 12.9. The lowest BCUT2D eigenvalue weighted by Crippen LogP contribution is -2.21. The molecule has 0 aliphatic heterocycles. The molecule has 1 amide bonds. The fourth-order valence-electron chi connectivity index (χ4n) is 2.65. The molecule has 0 aliphatic carbocycles. The number of aromatic nitrogens is 1. The lowest BCUT2D eigenvalue weighted by Gasteiger charge is -2.04. The Balaban J connectivity index is 2.09. The first kappa shape index (κ1) is 19.4. The van der Waals surface area contributed by atoms with Gasteiger partial charge in [0.25, 0.3) is 0 Å². The van der Waals surface area contributed by atoms with Crippen LogP contribution in [0.4, 0.5) is 4.39 Å². The van der Waals surface area contributed by atoms with E-state index < -0.39 is 5.97 Å². The van der Waals surface area contributed by atoms with E-state index in [0.29, 0.717) is 34.8 Å². The van der Waals surface area contributed by atoms with Crippen molar-refractivity contribution in [2.24, 2.45) is 5.10 Å². The SMILES string of the molecule is CCOC(=O)c1c(C)[nH]c(/C(C)=N/NC(=O)Cc2ccc(F)cc2)c1C. The highest BCUT2D eigenvalue weighted by atomic mass is 19.1. The highest BCUT2D eigenvalue weighted by Crippen LogP contribution is 2.19. The van der Waals surface area contributed by atoms with Crippen LogP contribution in [-0.2, 0) is 16.0 Å². The minimum absolute atomic E-state index is 0.0911. The summed E-state index contributed by atoms with van der Waals surface area (Å²) in [4.78, 5) is 27.1. The van der Waals surface area contributed by atoms with E-state index in [9.17, 15) is 14.0 Å². The van der Waals surface area contributed by atoms with Crippen LogP contribution in [0.15, 0.2) is 29.4 Å². The molecule has 26 heavy (non-hydrogen) atoms. The van der Waals surface area contributed by atoms with Crippen molar-refractivity contribution in [1.29, 1.82) is 0 Å². The van der Waals surface area contributed by atoms with Gasteiger partial charge in [-0.25, -0.2) is 14.6 Å². The zero-order chi connectivity index (χ0) is 19.3. The van der Waals surface area contributed by atoms with E-state index in [4.69, 9.17) is 4.74 Å². The molecule has 0 radical (unpaired) electrons. The molecular formula is C19H22FN3O3. The van der Waals surface area contributed by atoms with Gasteiger partial charge in [0.1, 0.15) is 5.82 Å². The molecule has 0 bridgehead atoms. The maximum atomic E-state index is 12.9. The first-order valence-corrected chi connectivity index (χ1v) is 8.27. The van der Waals surface area contributed by atoms with Crippen LogP contribution in [0.25, 0.3) is 0 Å². The molecule has 6 nitrogen and oxygen atoms in total. The number of amides is 1. The highest BCUT2D eigenvalue weighted by molar-refractivity contribution is 6.03. The Hall–Kier alpha value is -2.96. The zero-order valence-electron chi connectivity index (χ0n) is 15.3. The summed E-state index contributed by atoms with van der Waals surface area (Å²) in [6.45, 7) is 7.35. The van der Waals surface area contributed by atoms with E-state index in [-0.39, 0.29) is 18.1 Å². The van der Waals surface area contributed by atoms with Gasteiger partial charge in [-0.05, 0) is 51.0 Å². The molecule has 1 heterocycles. The lowest BCUT2D eigenvalue weighted by molar-refractivity contribution is -0.120. The number of benzene rings is 1. The number of hydrogen-bond donors (Lipinski definition) is 2. The Morgan fingerprint density at radius 1 is 1.23 bits per heavy atom. The normalized spacial score (nSPS) is 11.3. The molecule has 7 heteroatoms. The standard InChI is InChI=1S/C19H22FN3O3/c1-5-26-19(25)17-11(2)18(21-12(17)3)13(4)22-23-16(24)10-14-6-8-15(20)9-7-14/h6-9,21H,5,10H2,1-4H3,(H,23,24)/b22-13+. The number of carbonyl (C=O) groups is 2. The molecule has 0 aliphatic rings. The number of nitrogens with zero attached hydrogens (tertiary/aromatic N) is 1. The molecular weight excluding hydrogens is 337 g/mol. The molecule has 2 aromatic rings. The number of aryl methyl sites for hydroxylation is 1. The average molecular weight is 359 g/mol. The van der Waals surface area contributed by atoms with Gasteiger partial charge in [0.05, 0.1) is 30.0 Å². The van der Waals surface area contributed by atoms with Crippen LogP contribution in [0.5, 0.6) is 0 Å². The number of aromatic amines is 1. The Kier molecular flexibility index (Phi) is 6.27. The lowest BCUT2D eigenvalue weighted by atomic mass is 10.1. The highest BCUT2D eigenvalue weighted by Gasteiger charge is 2.20. The van der Waals surface area contributed by atoms with Crippen molar-refractivity contribution >= 4 is 17.6 Å². The monoisotopic (exact) mass is 359 g/mol. The summed E-state index contributed by atoms with van der Waals surface area (Å²) >= 11 is 0. The van der Waals surface area contributed by atoms with Crippen molar-refractivity contribution in [2.45, 2.75) is 34.1 Å². The molecule has 0 fully saturated rings. The number of esters is 1. The molecule has 0 saturated carbocycles. The van der Waals surface area contributed by atoms with Crippen LogP contribution in [-0.4, -0.2) is 29.2 Å². The third kappa shape index (κ3) is 4.56. The average Bonchev–Trinajstić information content (AvgIpc) is 2.89. The van der Waals surface area contributed by atoms with E-state index in [1.165, 1.54) is 12.1 Å². The minimum Gasteiger partial charge on any atom is -0.462 e. The van der Waals surface area contributed by atoms with E-state index in [2.05, 4.69) is 15.5 Å². The minimum atomic E-state index is -0.391. The Morgan fingerprint density at radius 2 is 1.88 bits per heavy atom. The van der Waals surface area contributed by atoms with Crippen molar-refractivity contribution in [2.75, 3.05) is 6.61 Å². The number of hydrogen-bond acceptors (Lipinski definition) is 4. The smallest absolute Gasteiger partial charge is 0.340 e. The zero-order valence-corrected chi connectivity index (χ0v) is 15.3. The number of H-pyrrole nitrogens is 1. The summed E-state index contributed by atoms with van der Waals surface area (Å²) in [5, 5.41) is 4.09. The molecule has 0 unspecified atom stereocenters. The summed E-state index contributed by atoms with van der Waals surface area (Å²) < 4.78 is 17.9. The van der Waals surface area contributed by atoms with Gasteiger partial charge >= 0.3 is 5.97 Å². The first-order chi connectivity index (χ1) is 12.3. The van der Waals surface area contributed by atoms with Crippen molar-refractivity contribution in [1.82, 2.24) is 10.4 Å². The maximum Gasteiger partial charge on any atom is 0.340 e. The van der Waals surface area contributed by atoms with Gasteiger partial charge in [-0.1, -0.05) is 12.1 Å². The topological polar surface area (TPSA) is 83.6 Å². The Labute approximate surface area is 151 Å².